The van der Waals surface area contributed by atoms with Crippen LogP contribution in [0.4, 0.5) is 0 Å². The van der Waals surface area contributed by atoms with Crippen LogP contribution in [0.3, 0.4) is 0 Å². The summed E-state index contributed by atoms with van der Waals surface area (Å²) in [5, 5.41) is 1.98. The fourth-order valence-electron chi connectivity index (χ4n) is 2.51. The second-order valence-corrected chi connectivity index (χ2v) is 4.72. The molecule has 2 aromatic carbocycles. The molecule has 0 aliphatic rings. The van der Waals surface area contributed by atoms with Gasteiger partial charge in [-0.2, -0.15) is 0 Å². The average molecular weight is 262 g/mol. The fraction of sp³-hybridized carbons (Fsp3) is 0.0556. The third-order valence-electron chi connectivity index (χ3n) is 3.47. The first-order valence-corrected chi connectivity index (χ1v) is 6.41. The minimum atomic E-state index is -2.09. The number of benzene rings is 2. The Labute approximate surface area is 120 Å². The molecule has 0 fully saturated rings. The van der Waals surface area contributed by atoms with E-state index in [1.54, 1.807) is 18.3 Å². The molecule has 0 aliphatic carbocycles. The number of aromatic nitrogens is 1. The van der Waals surface area contributed by atoms with Crippen LogP contribution in [0.1, 0.15) is 9.68 Å². The Morgan fingerprint density at radius 3 is 2.65 bits per heavy atom. The summed E-state index contributed by atoms with van der Waals surface area (Å²) in [4.78, 5) is 4.26. The molecule has 0 spiro atoms. The quantitative estimate of drug-likeness (QED) is 0.484. The summed E-state index contributed by atoms with van der Waals surface area (Å²) in [7, 11) is 0. The molecule has 0 saturated carbocycles. The van der Waals surface area contributed by atoms with E-state index in [0.717, 1.165) is 27.5 Å². The van der Waals surface area contributed by atoms with Gasteiger partial charge in [0, 0.05) is 26.6 Å². The summed E-state index contributed by atoms with van der Waals surface area (Å²) in [6.45, 7) is -2.09. The molecule has 2 aromatic heterocycles. The van der Waals surface area contributed by atoms with Crippen molar-refractivity contribution in [1.82, 2.24) is 4.98 Å². The molecule has 0 atom stereocenters. The van der Waals surface area contributed by atoms with Crippen LogP contribution in [0.5, 0.6) is 0 Å². The number of fused-ring (bicyclic) bond motifs is 3. The zero-order valence-electron chi connectivity index (χ0n) is 13.6. The van der Waals surface area contributed by atoms with Crippen LogP contribution in [-0.2, 0) is 0 Å². The standard InChI is InChI=1S/C18H13NO/c1-12-7-9-13(10-8-12)14-4-2-5-15-16-6-3-11-19-18(16)20-17(14)15/h2-11H,1H3/i1D3. The van der Waals surface area contributed by atoms with Crippen LogP contribution < -0.4 is 0 Å². The van der Waals surface area contributed by atoms with Crippen molar-refractivity contribution in [2.24, 2.45) is 0 Å². The molecule has 2 heterocycles. The Balaban J connectivity index is 1.92. The highest BCUT2D eigenvalue weighted by Gasteiger charge is 2.11. The maximum Gasteiger partial charge on any atom is 0.227 e. The van der Waals surface area contributed by atoms with E-state index in [1.165, 1.54) is 0 Å². The van der Waals surface area contributed by atoms with E-state index in [0.29, 0.717) is 11.3 Å². The van der Waals surface area contributed by atoms with Gasteiger partial charge in [0.05, 0.1) is 0 Å². The molecule has 0 saturated heterocycles. The van der Waals surface area contributed by atoms with Crippen molar-refractivity contribution in [3.63, 3.8) is 0 Å². The SMILES string of the molecule is [2H]C([2H])([2H])c1ccc(-c2cccc3c2oc2ncccc23)cc1. The van der Waals surface area contributed by atoms with Gasteiger partial charge < -0.3 is 4.42 Å². The van der Waals surface area contributed by atoms with Gasteiger partial charge >= 0.3 is 0 Å². The highest BCUT2D eigenvalue weighted by atomic mass is 16.3. The number of aryl methyl sites for hydroxylation is 1. The van der Waals surface area contributed by atoms with Crippen molar-refractivity contribution in [3.8, 4) is 11.1 Å². The minimum Gasteiger partial charge on any atom is -0.437 e. The Morgan fingerprint density at radius 1 is 0.950 bits per heavy atom. The zero-order valence-corrected chi connectivity index (χ0v) is 10.6. The first-order valence-electron chi connectivity index (χ1n) is 7.91. The van der Waals surface area contributed by atoms with Crippen molar-refractivity contribution in [3.05, 3.63) is 66.4 Å². The molecule has 0 aliphatic heterocycles. The predicted octanol–water partition coefficient (Wildman–Crippen LogP) is 4.96. The molecule has 4 aromatic rings. The van der Waals surface area contributed by atoms with Gasteiger partial charge in [-0.3, -0.25) is 0 Å². The van der Waals surface area contributed by atoms with Gasteiger partial charge in [-0.1, -0.05) is 48.0 Å². The lowest BCUT2D eigenvalue weighted by molar-refractivity contribution is 0.655. The Kier molecular flexibility index (Phi) is 1.79. The molecule has 0 N–H and O–H groups in total. The van der Waals surface area contributed by atoms with Crippen LogP contribution in [0.15, 0.2) is 65.2 Å². The van der Waals surface area contributed by atoms with Gasteiger partial charge in [0.15, 0.2) is 0 Å². The Hall–Kier alpha value is -2.61. The van der Waals surface area contributed by atoms with Crippen LogP contribution in [0.25, 0.3) is 33.2 Å². The maximum absolute atomic E-state index is 7.46. The summed E-state index contributed by atoms with van der Waals surface area (Å²) in [5.74, 6) is 0. The lowest BCUT2D eigenvalue weighted by Crippen LogP contribution is -1.79. The van der Waals surface area contributed by atoms with Crippen LogP contribution in [0.2, 0.25) is 0 Å². The van der Waals surface area contributed by atoms with Crippen molar-refractivity contribution < 1.29 is 8.53 Å². The average Bonchev–Trinajstić information content (AvgIpc) is 2.93. The lowest BCUT2D eigenvalue weighted by Gasteiger charge is -2.03. The first kappa shape index (κ1) is 8.54. The number of pyridine rings is 1. The van der Waals surface area contributed by atoms with E-state index in [2.05, 4.69) is 4.98 Å². The summed E-state index contributed by atoms with van der Waals surface area (Å²) in [5.41, 5.74) is 3.55. The van der Waals surface area contributed by atoms with E-state index < -0.39 is 6.85 Å². The Morgan fingerprint density at radius 2 is 1.80 bits per heavy atom. The number of furan rings is 1. The molecule has 2 nitrogen and oxygen atoms in total. The predicted molar refractivity (Wildman–Crippen MR) is 81.7 cm³/mol. The normalized spacial score (nSPS) is 14.1. The van der Waals surface area contributed by atoms with E-state index in [-0.39, 0.29) is 0 Å². The van der Waals surface area contributed by atoms with Crippen LogP contribution >= 0.6 is 0 Å². The topological polar surface area (TPSA) is 26.0 Å². The van der Waals surface area contributed by atoms with Gasteiger partial charge in [-0.05, 0) is 24.5 Å². The highest BCUT2D eigenvalue weighted by Crippen LogP contribution is 2.34. The maximum atomic E-state index is 7.46. The number of hydrogen-bond donors (Lipinski definition) is 0. The smallest absolute Gasteiger partial charge is 0.227 e. The zero-order chi connectivity index (χ0) is 16.0. The Bertz CT molecular complexity index is 1000. The van der Waals surface area contributed by atoms with Gasteiger partial charge in [0.2, 0.25) is 5.71 Å². The molecule has 2 heteroatoms. The van der Waals surface area contributed by atoms with Gasteiger partial charge in [-0.15, -0.1) is 0 Å². The summed E-state index contributed by atoms with van der Waals surface area (Å²) >= 11 is 0. The largest absolute Gasteiger partial charge is 0.437 e. The minimum absolute atomic E-state index is 0.333. The van der Waals surface area contributed by atoms with Gasteiger partial charge in [0.25, 0.3) is 0 Å². The van der Waals surface area contributed by atoms with E-state index >= 15 is 0 Å². The van der Waals surface area contributed by atoms with Gasteiger partial charge in [-0.25, -0.2) is 4.98 Å². The molecule has 4 rings (SSSR count). The third-order valence-corrected chi connectivity index (χ3v) is 3.47. The van der Waals surface area contributed by atoms with Gasteiger partial charge in [0.1, 0.15) is 5.58 Å². The second-order valence-electron chi connectivity index (χ2n) is 4.72. The molecule has 0 bridgehead atoms. The fourth-order valence-corrected chi connectivity index (χ4v) is 2.51. The van der Waals surface area contributed by atoms with E-state index in [4.69, 9.17) is 8.53 Å². The number of para-hydroxylation sites is 1. The molecule has 0 unspecified atom stereocenters. The van der Waals surface area contributed by atoms with Crippen molar-refractivity contribution >= 4 is 22.1 Å². The number of nitrogens with zero attached hydrogens (tertiary/aromatic N) is 1. The van der Waals surface area contributed by atoms with E-state index in [1.807, 2.05) is 42.5 Å². The van der Waals surface area contributed by atoms with Crippen molar-refractivity contribution in [2.75, 3.05) is 0 Å². The summed E-state index contributed by atoms with van der Waals surface area (Å²) in [6, 6.07) is 16.7. The van der Waals surface area contributed by atoms with Crippen LogP contribution in [-0.4, -0.2) is 4.98 Å². The van der Waals surface area contributed by atoms with E-state index in [9.17, 15) is 0 Å². The van der Waals surface area contributed by atoms with Crippen molar-refractivity contribution in [2.45, 2.75) is 6.85 Å². The lowest BCUT2D eigenvalue weighted by atomic mass is 10.0. The molecule has 96 valence electrons. The summed E-state index contributed by atoms with van der Waals surface area (Å²) in [6.07, 6.45) is 1.70. The number of rotatable bonds is 1. The van der Waals surface area contributed by atoms with Crippen LogP contribution in [0, 0.1) is 6.85 Å². The number of hydrogen-bond acceptors (Lipinski definition) is 2. The van der Waals surface area contributed by atoms with Crippen molar-refractivity contribution in [1.29, 1.82) is 0 Å². The second kappa shape index (κ2) is 4.20. The molecular weight excluding hydrogens is 246 g/mol. The molecule has 20 heavy (non-hydrogen) atoms. The molecular formula is C18H13NO. The monoisotopic (exact) mass is 262 g/mol. The highest BCUT2D eigenvalue weighted by molar-refractivity contribution is 6.08. The third kappa shape index (κ3) is 1.62. The first-order chi connectivity index (χ1) is 11.0. The molecule has 0 amide bonds. The summed E-state index contributed by atoms with van der Waals surface area (Å²) < 4.78 is 28.3. The molecule has 0 radical (unpaired) electrons.